The van der Waals surface area contributed by atoms with Gasteiger partial charge in [0.25, 0.3) is 10.0 Å². The van der Waals surface area contributed by atoms with Crippen LogP contribution < -0.4 is 9.62 Å². The molecule has 21 heavy (non-hydrogen) atoms. The Kier molecular flexibility index (Phi) is 2.98. The van der Waals surface area contributed by atoms with Gasteiger partial charge in [-0.2, -0.15) is 8.42 Å². The molecular weight excluding hydrogens is 292 g/mol. The van der Waals surface area contributed by atoms with Crippen molar-refractivity contribution in [3.63, 3.8) is 0 Å². The summed E-state index contributed by atoms with van der Waals surface area (Å²) in [5.41, 5.74) is 0.922. The highest BCUT2D eigenvalue weighted by atomic mass is 32.2. The van der Waals surface area contributed by atoms with Gasteiger partial charge in [0, 0.05) is 13.2 Å². The Labute approximate surface area is 122 Å². The first-order chi connectivity index (χ1) is 9.89. The zero-order valence-corrected chi connectivity index (χ0v) is 12.4. The number of carbonyl (C=O) groups is 1. The van der Waals surface area contributed by atoms with E-state index < -0.39 is 10.0 Å². The molecule has 0 aliphatic carbocycles. The van der Waals surface area contributed by atoms with Gasteiger partial charge in [0.2, 0.25) is 5.91 Å². The van der Waals surface area contributed by atoms with Crippen molar-refractivity contribution in [1.29, 1.82) is 0 Å². The molecule has 1 amide bonds. The smallest absolute Gasteiger partial charge is 0.283 e. The Hall–Kier alpha value is -2.35. The number of para-hydroxylation sites is 2. The predicted molar refractivity (Wildman–Crippen MR) is 77.5 cm³/mol. The van der Waals surface area contributed by atoms with Gasteiger partial charge in [-0.1, -0.05) is 12.1 Å². The van der Waals surface area contributed by atoms with E-state index >= 15 is 0 Å². The summed E-state index contributed by atoms with van der Waals surface area (Å²) >= 11 is 0. The summed E-state index contributed by atoms with van der Waals surface area (Å²) in [5.74, 6) is 0.216. The fraction of sp³-hybridized carbons (Fsp3) is 0.231. The van der Waals surface area contributed by atoms with Crippen LogP contribution in [0.5, 0.6) is 0 Å². The molecule has 1 aromatic heterocycles. The molecule has 0 saturated carbocycles. The zero-order valence-electron chi connectivity index (χ0n) is 11.6. The van der Waals surface area contributed by atoms with Crippen LogP contribution in [0.2, 0.25) is 0 Å². The maximum atomic E-state index is 12.7. The van der Waals surface area contributed by atoms with Gasteiger partial charge < -0.3 is 9.88 Å². The topological polar surface area (TPSA) is 84.3 Å². The van der Waals surface area contributed by atoms with Crippen molar-refractivity contribution in [2.75, 3.05) is 16.2 Å². The number of benzene rings is 1. The summed E-state index contributed by atoms with van der Waals surface area (Å²) in [6, 6.07) is 6.78. The molecule has 0 unspecified atom stereocenters. The Morgan fingerprint density at radius 1 is 1.29 bits per heavy atom. The first kappa shape index (κ1) is 13.6. The Morgan fingerprint density at radius 3 is 2.67 bits per heavy atom. The maximum Gasteiger partial charge on any atom is 0.283 e. The third-order valence-electron chi connectivity index (χ3n) is 3.37. The molecule has 0 radical (unpaired) electrons. The van der Waals surface area contributed by atoms with Crippen LogP contribution in [0.3, 0.4) is 0 Å². The van der Waals surface area contributed by atoms with Crippen molar-refractivity contribution in [1.82, 2.24) is 9.55 Å². The normalized spacial score (nSPS) is 14.8. The van der Waals surface area contributed by atoms with Crippen LogP contribution in [-0.2, 0) is 21.9 Å². The molecule has 0 fully saturated rings. The first-order valence-electron chi connectivity index (χ1n) is 6.31. The molecule has 1 N–H and O–H groups in total. The van der Waals surface area contributed by atoms with Crippen molar-refractivity contribution in [3.05, 3.63) is 36.3 Å². The molecular formula is C13H14N4O3S. The largest absolute Gasteiger partial charge is 0.337 e. The molecule has 1 aromatic carbocycles. The Morgan fingerprint density at radius 2 is 2.00 bits per heavy atom. The molecule has 2 heterocycles. The Balaban J connectivity index is 2.13. The van der Waals surface area contributed by atoms with Crippen molar-refractivity contribution < 1.29 is 13.2 Å². The highest BCUT2D eigenvalue weighted by Crippen LogP contribution is 2.32. The number of sulfonamides is 1. The number of anilines is 2. The molecule has 0 bridgehead atoms. The van der Waals surface area contributed by atoms with E-state index in [1.165, 1.54) is 6.20 Å². The van der Waals surface area contributed by atoms with Gasteiger partial charge >= 0.3 is 0 Å². The molecule has 1 aliphatic heterocycles. The van der Waals surface area contributed by atoms with Crippen molar-refractivity contribution in [2.45, 2.75) is 11.9 Å². The van der Waals surface area contributed by atoms with Crippen LogP contribution in [0.1, 0.15) is 5.82 Å². The van der Waals surface area contributed by atoms with E-state index in [2.05, 4.69) is 10.3 Å². The summed E-state index contributed by atoms with van der Waals surface area (Å²) in [6.07, 6.45) is 1.44. The quantitative estimate of drug-likeness (QED) is 0.892. The minimum atomic E-state index is -3.87. The minimum Gasteiger partial charge on any atom is -0.337 e. The lowest BCUT2D eigenvalue weighted by Crippen LogP contribution is -2.42. The molecule has 1 aliphatic rings. The minimum absolute atomic E-state index is 0.0630. The van der Waals surface area contributed by atoms with Crippen LogP contribution in [0, 0.1) is 6.92 Å². The Bertz CT molecular complexity index is 806. The summed E-state index contributed by atoms with van der Waals surface area (Å²) in [5, 5.41) is 2.60. The van der Waals surface area contributed by atoms with E-state index in [0.717, 1.165) is 4.31 Å². The second-order valence-corrected chi connectivity index (χ2v) is 6.62. The fourth-order valence-corrected chi connectivity index (χ4v) is 3.65. The highest BCUT2D eigenvalue weighted by molar-refractivity contribution is 7.92. The molecule has 0 saturated heterocycles. The lowest BCUT2D eigenvalue weighted by atomic mass is 10.2. The molecule has 7 nitrogen and oxygen atoms in total. The lowest BCUT2D eigenvalue weighted by Gasteiger charge is -2.29. The average molecular weight is 306 g/mol. The predicted octanol–water partition coefficient (Wildman–Crippen LogP) is 0.876. The maximum absolute atomic E-state index is 12.7. The van der Waals surface area contributed by atoms with E-state index in [0.29, 0.717) is 17.2 Å². The number of rotatable bonds is 2. The third-order valence-corrected chi connectivity index (χ3v) is 5.01. The van der Waals surface area contributed by atoms with Gasteiger partial charge in [0.05, 0.1) is 11.4 Å². The fourth-order valence-electron chi connectivity index (χ4n) is 2.18. The third kappa shape index (κ3) is 2.17. The summed E-state index contributed by atoms with van der Waals surface area (Å²) in [7, 11) is -2.15. The number of imidazole rings is 1. The molecule has 0 spiro atoms. The second-order valence-electron chi connectivity index (χ2n) is 4.81. The molecule has 2 aromatic rings. The first-order valence-corrected chi connectivity index (χ1v) is 7.75. The number of hydrogen-bond donors (Lipinski definition) is 1. The van der Waals surface area contributed by atoms with Crippen molar-refractivity contribution >= 4 is 27.3 Å². The van der Waals surface area contributed by atoms with Crippen LogP contribution in [-0.4, -0.2) is 30.4 Å². The standard InChI is InChI=1S/C13H14N4O3S/c1-9-14-13(8-16(9)2)21(19,20)17-7-12(18)15-10-5-3-4-6-11(10)17/h3-6,8H,7H2,1-2H3,(H,15,18). The lowest BCUT2D eigenvalue weighted by molar-refractivity contribution is -0.115. The zero-order chi connectivity index (χ0) is 15.2. The van der Waals surface area contributed by atoms with E-state index in [9.17, 15) is 13.2 Å². The van der Waals surface area contributed by atoms with Gasteiger partial charge in [-0.25, -0.2) is 4.98 Å². The van der Waals surface area contributed by atoms with Crippen LogP contribution >= 0.6 is 0 Å². The molecule has 8 heteroatoms. The van der Waals surface area contributed by atoms with Gasteiger partial charge in [-0.3, -0.25) is 9.10 Å². The number of amides is 1. The number of carbonyl (C=O) groups excluding carboxylic acids is 1. The second kappa shape index (κ2) is 4.59. The number of nitrogens with zero attached hydrogens (tertiary/aromatic N) is 3. The van der Waals surface area contributed by atoms with E-state index in [1.54, 1.807) is 42.8 Å². The highest BCUT2D eigenvalue weighted by Gasteiger charge is 2.33. The van der Waals surface area contributed by atoms with Crippen LogP contribution in [0.4, 0.5) is 11.4 Å². The number of hydrogen-bond acceptors (Lipinski definition) is 4. The van der Waals surface area contributed by atoms with Gasteiger partial charge in [-0.05, 0) is 19.1 Å². The van der Waals surface area contributed by atoms with Gasteiger partial charge in [0.1, 0.15) is 12.4 Å². The number of fused-ring (bicyclic) bond motifs is 1. The summed E-state index contributed by atoms with van der Waals surface area (Å²) in [4.78, 5) is 15.8. The molecule has 3 rings (SSSR count). The number of aryl methyl sites for hydroxylation is 2. The SMILES string of the molecule is Cc1nc(S(=O)(=O)N2CC(=O)Nc3ccccc32)cn1C. The van der Waals surface area contributed by atoms with Crippen LogP contribution in [0.15, 0.2) is 35.5 Å². The average Bonchev–Trinajstić information content (AvgIpc) is 2.78. The molecule has 110 valence electrons. The van der Waals surface area contributed by atoms with Gasteiger partial charge in [-0.15, -0.1) is 0 Å². The number of aromatic nitrogens is 2. The van der Waals surface area contributed by atoms with E-state index in [4.69, 9.17) is 0 Å². The van der Waals surface area contributed by atoms with Crippen molar-refractivity contribution in [3.8, 4) is 0 Å². The molecule has 0 atom stereocenters. The van der Waals surface area contributed by atoms with Gasteiger partial charge in [0.15, 0.2) is 5.03 Å². The summed E-state index contributed by atoms with van der Waals surface area (Å²) in [6.45, 7) is 1.46. The summed E-state index contributed by atoms with van der Waals surface area (Å²) < 4.78 is 28.2. The van der Waals surface area contributed by atoms with E-state index in [1.807, 2.05) is 0 Å². The van der Waals surface area contributed by atoms with E-state index in [-0.39, 0.29) is 17.5 Å². The van der Waals surface area contributed by atoms with Crippen LogP contribution in [0.25, 0.3) is 0 Å². The monoisotopic (exact) mass is 306 g/mol. The van der Waals surface area contributed by atoms with Crippen molar-refractivity contribution in [2.24, 2.45) is 7.05 Å². The number of nitrogens with one attached hydrogen (secondary N) is 1.